The van der Waals surface area contributed by atoms with Gasteiger partial charge in [-0.15, -0.1) is 0 Å². The number of aryl methyl sites for hydroxylation is 1. The second-order valence-electron chi connectivity index (χ2n) is 7.37. The van der Waals surface area contributed by atoms with Crippen molar-refractivity contribution in [1.82, 2.24) is 4.57 Å². The molecule has 0 fully saturated rings. The monoisotopic (exact) mass is 337 g/mol. The Labute approximate surface area is 154 Å². The van der Waals surface area contributed by atoms with Crippen LogP contribution in [0.15, 0.2) is 66.7 Å². The van der Waals surface area contributed by atoms with Crippen molar-refractivity contribution in [2.75, 3.05) is 0 Å². The van der Waals surface area contributed by atoms with Crippen molar-refractivity contribution in [3.05, 3.63) is 77.9 Å². The third-order valence-corrected chi connectivity index (χ3v) is 5.86. The van der Waals surface area contributed by atoms with Crippen LogP contribution in [-0.2, 0) is 7.05 Å². The minimum Gasteiger partial charge on any atom is -0.344 e. The smallest absolute Gasteiger partial charge is 0.0489 e. The van der Waals surface area contributed by atoms with Crippen LogP contribution in [-0.4, -0.2) is 4.57 Å². The SMILES string of the molecule is CCCC1C=Cc2c(-c3ccc4c(c3)c3ccccc3n4C)cccc21. The van der Waals surface area contributed by atoms with Crippen molar-refractivity contribution in [1.29, 1.82) is 0 Å². The molecule has 1 nitrogen and oxygen atoms in total. The minimum atomic E-state index is 0.580. The molecule has 1 aliphatic rings. The summed E-state index contributed by atoms with van der Waals surface area (Å²) in [5.74, 6) is 0.580. The summed E-state index contributed by atoms with van der Waals surface area (Å²) in [6.07, 6.45) is 7.17. The number of allylic oxidation sites excluding steroid dienone is 1. The molecule has 1 unspecified atom stereocenters. The minimum absolute atomic E-state index is 0.580. The van der Waals surface area contributed by atoms with E-state index in [9.17, 15) is 0 Å². The number of aromatic nitrogens is 1. The van der Waals surface area contributed by atoms with Crippen LogP contribution in [0.25, 0.3) is 39.0 Å². The highest BCUT2D eigenvalue weighted by Crippen LogP contribution is 2.40. The maximum Gasteiger partial charge on any atom is 0.0489 e. The quantitative estimate of drug-likeness (QED) is 0.383. The van der Waals surface area contributed by atoms with Crippen molar-refractivity contribution < 1.29 is 0 Å². The number of para-hydroxylation sites is 1. The summed E-state index contributed by atoms with van der Waals surface area (Å²) in [7, 11) is 2.16. The molecule has 0 radical (unpaired) electrons. The Morgan fingerprint density at radius 2 is 1.73 bits per heavy atom. The van der Waals surface area contributed by atoms with Crippen molar-refractivity contribution >= 4 is 27.9 Å². The van der Waals surface area contributed by atoms with Crippen LogP contribution in [0.4, 0.5) is 0 Å². The van der Waals surface area contributed by atoms with Gasteiger partial charge in [-0.25, -0.2) is 0 Å². The molecule has 0 spiro atoms. The molecule has 4 aromatic rings. The number of hydrogen-bond donors (Lipinski definition) is 0. The third-order valence-electron chi connectivity index (χ3n) is 5.86. The summed E-state index contributed by atoms with van der Waals surface area (Å²) < 4.78 is 2.29. The number of nitrogens with zero attached hydrogens (tertiary/aromatic N) is 1. The first-order chi connectivity index (χ1) is 12.8. The van der Waals surface area contributed by atoms with E-state index in [2.05, 4.69) is 91.4 Å². The van der Waals surface area contributed by atoms with Gasteiger partial charge < -0.3 is 4.57 Å². The molecule has 0 aliphatic heterocycles. The Hall–Kier alpha value is -2.80. The van der Waals surface area contributed by atoms with Gasteiger partial charge in [-0.3, -0.25) is 0 Å². The highest BCUT2D eigenvalue weighted by molar-refractivity contribution is 6.09. The average molecular weight is 337 g/mol. The van der Waals surface area contributed by atoms with Crippen LogP contribution in [0.3, 0.4) is 0 Å². The number of benzene rings is 3. The molecule has 0 amide bonds. The molecule has 1 atom stereocenters. The largest absolute Gasteiger partial charge is 0.344 e. The first kappa shape index (κ1) is 15.5. The fraction of sp³-hybridized carbons (Fsp3) is 0.200. The summed E-state index contributed by atoms with van der Waals surface area (Å²) >= 11 is 0. The lowest BCUT2D eigenvalue weighted by Crippen LogP contribution is -1.94. The van der Waals surface area contributed by atoms with Crippen LogP contribution in [0, 0.1) is 0 Å². The molecule has 1 heteroatoms. The summed E-state index contributed by atoms with van der Waals surface area (Å²) in [6.45, 7) is 2.27. The lowest BCUT2D eigenvalue weighted by atomic mass is 9.91. The molecule has 0 saturated heterocycles. The summed E-state index contributed by atoms with van der Waals surface area (Å²) in [5.41, 5.74) is 8.15. The zero-order chi connectivity index (χ0) is 17.7. The molecule has 128 valence electrons. The Balaban J connectivity index is 1.72. The molecule has 1 aromatic heterocycles. The van der Waals surface area contributed by atoms with Crippen molar-refractivity contribution in [3.8, 4) is 11.1 Å². The first-order valence-electron chi connectivity index (χ1n) is 9.56. The summed E-state index contributed by atoms with van der Waals surface area (Å²) in [5, 5.41) is 2.67. The normalized spacial score (nSPS) is 15.8. The molecular formula is C25H23N. The van der Waals surface area contributed by atoms with Gasteiger partial charge in [-0.2, -0.15) is 0 Å². The predicted molar refractivity (Wildman–Crippen MR) is 113 cm³/mol. The van der Waals surface area contributed by atoms with Crippen LogP contribution in [0.2, 0.25) is 0 Å². The van der Waals surface area contributed by atoms with E-state index in [4.69, 9.17) is 0 Å². The maximum atomic E-state index is 2.38. The molecule has 26 heavy (non-hydrogen) atoms. The highest BCUT2D eigenvalue weighted by Gasteiger charge is 2.19. The molecule has 1 aliphatic carbocycles. The van der Waals surface area contributed by atoms with Gasteiger partial charge in [0, 0.05) is 34.8 Å². The molecule has 3 aromatic carbocycles. The van der Waals surface area contributed by atoms with E-state index in [0.717, 1.165) is 0 Å². The lowest BCUT2D eigenvalue weighted by Gasteiger charge is -2.13. The highest BCUT2D eigenvalue weighted by atomic mass is 14.9. The van der Waals surface area contributed by atoms with Crippen molar-refractivity contribution in [2.45, 2.75) is 25.7 Å². The number of rotatable bonds is 3. The van der Waals surface area contributed by atoms with E-state index >= 15 is 0 Å². The second kappa shape index (κ2) is 5.88. The van der Waals surface area contributed by atoms with Gasteiger partial charge in [0.1, 0.15) is 0 Å². The lowest BCUT2D eigenvalue weighted by molar-refractivity contribution is 0.726. The van der Waals surface area contributed by atoms with E-state index < -0.39 is 0 Å². The molecular weight excluding hydrogens is 314 g/mol. The van der Waals surface area contributed by atoms with Gasteiger partial charge in [0.05, 0.1) is 0 Å². The Bertz CT molecular complexity index is 1160. The van der Waals surface area contributed by atoms with E-state index in [1.165, 1.54) is 56.9 Å². The van der Waals surface area contributed by atoms with Crippen LogP contribution < -0.4 is 0 Å². The number of fused-ring (bicyclic) bond motifs is 4. The van der Waals surface area contributed by atoms with E-state index in [1.807, 2.05) is 0 Å². The zero-order valence-electron chi connectivity index (χ0n) is 15.4. The third kappa shape index (κ3) is 2.17. The Morgan fingerprint density at radius 1 is 0.885 bits per heavy atom. The fourth-order valence-electron chi connectivity index (χ4n) is 4.56. The van der Waals surface area contributed by atoms with Crippen LogP contribution in [0.1, 0.15) is 36.8 Å². The van der Waals surface area contributed by atoms with Crippen molar-refractivity contribution in [2.24, 2.45) is 7.05 Å². The summed E-state index contributed by atoms with van der Waals surface area (Å²) in [6, 6.07) is 22.4. The van der Waals surface area contributed by atoms with Crippen molar-refractivity contribution in [3.63, 3.8) is 0 Å². The first-order valence-corrected chi connectivity index (χ1v) is 9.56. The average Bonchev–Trinajstić information content (AvgIpc) is 3.22. The summed E-state index contributed by atoms with van der Waals surface area (Å²) in [4.78, 5) is 0. The molecule has 0 bridgehead atoms. The van der Waals surface area contributed by atoms with Gasteiger partial charge in [-0.1, -0.05) is 68.0 Å². The topological polar surface area (TPSA) is 4.93 Å². The van der Waals surface area contributed by atoms with Crippen LogP contribution >= 0.6 is 0 Å². The number of hydrogen-bond acceptors (Lipinski definition) is 0. The van der Waals surface area contributed by atoms with E-state index in [0.29, 0.717) is 5.92 Å². The van der Waals surface area contributed by atoms with E-state index in [-0.39, 0.29) is 0 Å². The van der Waals surface area contributed by atoms with Crippen LogP contribution in [0.5, 0.6) is 0 Å². The zero-order valence-corrected chi connectivity index (χ0v) is 15.4. The molecule has 5 rings (SSSR count). The standard InChI is InChI=1S/C25H23N/c1-3-7-17-12-14-21-19(17)9-6-10-20(21)18-13-15-25-23(16-18)22-8-4-5-11-24(22)26(25)2/h4-6,8-17H,3,7H2,1-2H3. The second-order valence-corrected chi connectivity index (χ2v) is 7.37. The Morgan fingerprint density at radius 3 is 2.62 bits per heavy atom. The maximum absolute atomic E-state index is 2.38. The van der Waals surface area contributed by atoms with Gasteiger partial charge >= 0.3 is 0 Å². The molecule has 0 N–H and O–H groups in total. The van der Waals surface area contributed by atoms with Gasteiger partial charge in [0.25, 0.3) is 0 Å². The van der Waals surface area contributed by atoms with Gasteiger partial charge in [-0.05, 0) is 46.9 Å². The molecule has 0 saturated carbocycles. The fourth-order valence-corrected chi connectivity index (χ4v) is 4.56. The predicted octanol–water partition coefficient (Wildman–Crippen LogP) is 6.91. The Kier molecular flexibility index (Phi) is 3.49. The van der Waals surface area contributed by atoms with Gasteiger partial charge in [0.2, 0.25) is 0 Å². The molecule has 1 heterocycles. The van der Waals surface area contributed by atoms with Gasteiger partial charge in [0.15, 0.2) is 0 Å². The van der Waals surface area contributed by atoms with E-state index in [1.54, 1.807) is 0 Å².